The second-order valence-electron chi connectivity index (χ2n) is 5.94. The number of aromatic amines is 1. The fourth-order valence-electron chi connectivity index (χ4n) is 3.09. The molecule has 1 aliphatic heterocycles. The molecule has 1 aliphatic rings. The number of H-pyrrole nitrogens is 1. The molecule has 1 aromatic carbocycles. The number of amides is 1. The lowest BCUT2D eigenvalue weighted by Crippen LogP contribution is -2.42. The molecule has 0 aliphatic carbocycles. The summed E-state index contributed by atoms with van der Waals surface area (Å²) in [6.07, 6.45) is 3.41. The summed E-state index contributed by atoms with van der Waals surface area (Å²) < 4.78 is 0. The van der Waals surface area contributed by atoms with E-state index < -0.39 is 0 Å². The van der Waals surface area contributed by atoms with Crippen LogP contribution in [0.4, 0.5) is 5.82 Å². The minimum atomic E-state index is -0.00889. The second-order valence-corrected chi connectivity index (χ2v) is 5.94. The number of piperidine rings is 1. The van der Waals surface area contributed by atoms with Crippen molar-refractivity contribution in [2.24, 2.45) is 0 Å². The van der Waals surface area contributed by atoms with Gasteiger partial charge in [0.1, 0.15) is 5.82 Å². The maximum Gasteiger partial charge on any atom is 0.274 e. The molecule has 1 amide bonds. The summed E-state index contributed by atoms with van der Waals surface area (Å²) in [6.45, 7) is 1.41. The van der Waals surface area contributed by atoms with Gasteiger partial charge in [-0.2, -0.15) is 10.2 Å². The van der Waals surface area contributed by atoms with Crippen LogP contribution < -0.4 is 5.32 Å². The fourth-order valence-corrected chi connectivity index (χ4v) is 3.09. The van der Waals surface area contributed by atoms with Crippen LogP contribution in [0.15, 0.2) is 42.6 Å². The molecule has 4 rings (SSSR count). The fraction of sp³-hybridized carbons (Fsp3) is 0.294. The van der Waals surface area contributed by atoms with Crippen LogP contribution in [-0.2, 0) is 0 Å². The molecule has 2 aromatic heterocycles. The number of carbonyl (C=O) groups excluding carboxylic acids is 1. The van der Waals surface area contributed by atoms with Crippen molar-refractivity contribution in [2.45, 2.75) is 18.9 Å². The summed E-state index contributed by atoms with van der Waals surface area (Å²) in [6, 6.07) is 11.8. The summed E-state index contributed by atoms with van der Waals surface area (Å²) in [5, 5.41) is 19.3. The van der Waals surface area contributed by atoms with Gasteiger partial charge in [-0.25, -0.2) is 0 Å². The van der Waals surface area contributed by atoms with Crippen molar-refractivity contribution < 1.29 is 4.79 Å². The second kappa shape index (κ2) is 6.27. The Morgan fingerprint density at radius 3 is 2.79 bits per heavy atom. The Balaban J connectivity index is 1.41. The van der Waals surface area contributed by atoms with Crippen LogP contribution in [0.3, 0.4) is 0 Å². The Morgan fingerprint density at radius 2 is 2.00 bits per heavy atom. The predicted molar refractivity (Wildman–Crippen MR) is 90.7 cm³/mol. The van der Waals surface area contributed by atoms with Crippen molar-refractivity contribution in [2.75, 3.05) is 18.4 Å². The van der Waals surface area contributed by atoms with Gasteiger partial charge in [0, 0.05) is 30.7 Å². The van der Waals surface area contributed by atoms with Crippen LogP contribution in [0.2, 0.25) is 0 Å². The number of hydrogen-bond donors (Lipinski definition) is 2. The van der Waals surface area contributed by atoms with Crippen molar-refractivity contribution in [3.05, 3.63) is 48.3 Å². The number of nitrogens with one attached hydrogen (secondary N) is 2. The molecule has 122 valence electrons. The van der Waals surface area contributed by atoms with E-state index in [0.717, 1.165) is 29.6 Å². The molecule has 3 heterocycles. The van der Waals surface area contributed by atoms with Crippen LogP contribution in [0.5, 0.6) is 0 Å². The average Bonchev–Trinajstić information content (AvgIpc) is 3.07. The Morgan fingerprint density at radius 1 is 1.17 bits per heavy atom. The molecule has 2 N–H and O–H groups in total. The topological polar surface area (TPSA) is 86.8 Å². The Labute approximate surface area is 139 Å². The van der Waals surface area contributed by atoms with Crippen molar-refractivity contribution in [3.63, 3.8) is 0 Å². The lowest BCUT2D eigenvalue weighted by atomic mass is 10.0. The summed E-state index contributed by atoms with van der Waals surface area (Å²) in [4.78, 5) is 14.6. The highest BCUT2D eigenvalue weighted by atomic mass is 16.2. The lowest BCUT2D eigenvalue weighted by molar-refractivity contribution is 0.0714. The van der Waals surface area contributed by atoms with Gasteiger partial charge in [0.05, 0.1) is 5.52 Å². The van der Waals surface area contributed by atoms with E-state index in [1.54, 1.807) is 6.20 Å². The number of likely N-dealkylation sites (tertiary alicyclic amines) is 1. The number of nitrogens with zero attached hydrogens (tertiary/aromatic N) is 4. The van der Waals surface area contributed by atoms with E-state index in [1.807, 2.05) is 41.3 Å². The molecule has 7 heteroatoms. The maximum atomic E-state index is 12.7. The van der Waals surface area contributed by atoms with Crippen molar-refractivity contribution in [1.29, 1.82) is 0 Å². The average molecular weight is 322 g/mol. The molecule has 0 spiro atoms. The Bertz CT molecular complexity index is 838. The van der Waals surface area contributed by atoms with Crippen LogP contribution >= 0.6 is 0 Å². The van der Waals surface area contributed by atoms with E-state index in [2.05, 4.69) is 25.7 Å². The number of para-hydroxylation sites is 1. The van der Waals surface area contributed by atoms with Crippen LogP contribution in [0, 0.1) is 0 Å². The van der Waals surface area contributed by atoms with E-state index in [4.69, 9.17) is 0 Å². The minimum absolute atomic E-state index is 0.00889. The number of hydrogen-bond acceptors (Lipinski definition) is 5. The molecular formula is C17H18N6O. The van der Waals surface area contributed by atoms with Gasteiger partial charge in [0.2, 0.25) is 0 Å². The molecule has 24 heavy (non-hydrogen) atoms. The smallest absolute Gasteiger partial charge is 0.274 e. The zero-order chi connectivity index (χ0) is 16.4. The largest absolute Gasteiger partial charge is 0.366 e. The molecule has 0 atom stereocenters. The maximum absolute atomic E-state index is 12.7. The van der Waals surface area contributed by atoms with Crippen molar-refractivity contribution in [1.82, 2.24) is 25.3 Å². The highest BCUT2D eigenvalue weighted by Gasteiger charge is 2.26. The third-order valence-corrected chi connectivity index (χ3v) is 4.38. The monoisotopic (exact) mass is 322 g/mol. The third kappa shape index (κ3) is 2.80. The molecule has 7 nitrogen and oxygen atoms in total. The number of benzene rings is 1. The number of fused-ring (bicyclic) bond motifs is 1. The highest BCUT2D eigenvalue weighted by molar-refractivity contribution is 6.04. The summed E-state index contributed by atoms with van der Waals surface area (Å²) in [7, 11) is 0. The zero-order valence-corrected chi connectivity index (χ0v) is 13.1. The van der Waals surface area contributed by atoms with Crippen LogP contribution in [-0.4, -0.2) is 50.3 Å². The van der Waals surface area contributed by atoms with Crippen molar-refractivity contribution >= 4 is 22.6 Å². The van der Waals surface area contributed by atoms with E-state index in [0.29, 0.717) is 24.8 Å². The number of aromatic nitrogens is 4. The first kappa shape index (κ1) is 14.6. The first-order valence-electron chi connectivity index (χ1n) is 8.08. The molecule has 1 fully saturated rings. The van der Waals surface area contributed by atoms with E-state index in [9.17, 15) is 4.79 Å². The molecule has 3 aromatic rings. The molecule has 1 saturated heterocycles. The molecule has 0 radical (unpaired) electrons. The Hall–Kier alpha value is -2.96. The van der Waals surface area contributed by atoms with E-state index >= 15 is 0 Å². The molecule has 0 saturated carbocycles. The van der Waals surface area contributed by atoms with Gasteiger partial charge < -0.3 is 10.2 Å². The summed E-state index contributed by atoms with van der Waals surface area (Å²) >= 11 is 0. The van der Waals surface area contributed by atoms with Gasteiger partial charge in [-0.3, -0.25) is 9.89 Å². The van der Waals surface area contributed by atoms with Gasteiger partial charge in [-0.1, -0.05) is 18.2 Å². The van der Waals surface area contributed by atoms with E-state index in [-0.39, 0.29) is 5.91 Å². The first-order chi connectivity index (χ1) is 11.8. The SMILES string of the molecule is O=C(c1n[nH]c2ccccc12)N1CCC(Nc2cccnn2)CC1. The number of carbonyl (C=O) groups is 1. The Kier molecular flexibility index (Phi) is 3.82. The van der Waals surface area contributed by atoms with Gasteiger partial charge in [0.15, 0.2) is 5.69 Å². The lowest BCUT2D eigenvalue weighted by Gasteiger charge is -2.32. The summed E-state index contributed by atoms with van der Waals surface area (Å²) in [5.41, 5.74) is 1.39. The van der Waals surface area contributed by atoms with Crippen LogP contribution in [0.1, 0.15) is 23.3 Å². The van der Waals surface area contributed by atoms with Gasteiger partial charge in [-0.15, -0.1) is 5.10 Å². The summed E-state index contributed by atoms with van der Waals surface area (Å²) in [5.74, 6) is 0.769. The predicted octanol–water partition coefficient (Wildman–Crippen LogP) is 2.07. The van der Waals surface area contributed by atoms with Crippen LogP contribution in [0.25, 0.3) is 10.9 Å². The molecule has 0 unspecified atom stereocenters. The van der Waals surface area contributed by atoms with Gasteiger partial charge in [0.25, 0.3) is 5.91 Å². The van der Waals surface area contributed by atoms with Gasteiger partial charge >= 0.3 is 0 Å². The molecular weight excluding hydrogens is 304 g/mol. The standard InChI is InChI=1S/C17H18N6O/c24-17(16-13-4-1-2-5-14(13)20-22-16)23-10-7-12(8-11-23)19-15-6-3-9-18-21-15/h1-6,9,12H,7-8,10-11H2,(H,19,21)(H,20,22). The minimum Gasteiger partial charge on any atom is -0.366 e. The number of rotatable bonds is 3. The highest BCUT2D eigenvalue weighted by Crippen LogP contribution is 2.20. The first-order valence-corrected chi connectivity index (χ1v) is 8.08. The van der Waals surface area contributed by atoms with Gasteiger partial charge in [-0.05, 0) is 31.0 Å². The number of anilines is 1. The van der Waals surface area contributed by atoms with E-state index in [1.165, 1.54) is 0 Å². The third-order valence-electron chi connectivity index (χ3n) is 4.38. The normalized spacial score (nSPS) is 15.6. The zero-order valence-electron chi connectivity index (χ0n) is 13.1. The molecule has 0 bridgehead atoms. The van der Waals surface area contributed by atoms with Crippen molar-refractivity contribution in [3.8, 4) is 0 Å². The quantitative estimate of drug-likeness (QED) is 0.771.